The number of aliphatic imine (C=N–C) groups is 1. The minimum absolute atomic E-state index is 0.400. The van der Waals surface area contributed by atoms with Gasteiger partial charge in [-0.15, -0.1) is 0 Å². The highest BCUT2D eigenvalue weighted by Crippen LogP contribution is 2.20. The van der Waals surface area contributed by atoms with Crippen molar-refractivity contribution >= 4 is 12.1 Å². The van der Waals surface area contributed by atoms with Gasteiger partial charge in [-0.05, 0) is 52.9 Å². The number of ether oxygens (including phenoxy) is 2. The molecule has 0 radical (unpaired) electrons. The molecule has 0 aliphatic heterocycles. The smallest absolute Gasteiger partial charge is 0.407 e. The zero-order valence-electron chi connectivity index (χ0n) is 17.7. The van der Waals surface area contributed by atoms with E-state index in [1.807, 2.05) is 20.8 Å². The van der Waals surface area contributed by atoms with Crippen LogP contribution in [0.5, 0.6) is 0 Å². The average molecular weight is 385 g/mol. The number of amides is 1. The van der Waals surface area contributed by atoms with Gasteiger partial charge in [0.05, 0.1) is 6.10 Å². The maximum absolute atomic E-state index is 11.6. The van der Waals surface area contributed by atoms with Crippen LogP contribution in [0.2, 0.25) is 0 Å². The van der Waals surface area contributed by atoms with Crippen molar-refractivity contribution in [3.63, 3.8) is 0 Å². The van der Waals surface area contributed by atoms with Crippen LogP contribution in [0.3, 0.4) is 0 Å². The molecular weight excluding hydrogens is 344 g/mol. The van der Waals surface area contributed by atoms with Crippen molar-refractivity contribution < 1.29 is 14.3 Å². The Balaban J connectivity index is 1.96. The SMILES string of the molecule is CN=C(NCCCCCOC1CCCCC1)NCCNC(=O)OC(C)(C)C. The Bertz CT molecular complexity index is 429. The van der Waals surface area contributed by atoms with Crippen molar-refractivity contribution in [3.8, 4) is 0 Å². The van der Waals surface area contributed by atoms with Crippen LogP contribution in [0.4, 0.5) is 4.79 Å². The van der Waals surface area contributed by atoms with E-state index in [4.69, 9.17) is 9.47 Å². The number of hydrogen-bond donors (Lipinski definition) is 3. The van der Waals surface area contributed by atoms with E-state index in [-0.39, 0.29) is 0 Å². The lowest BCUT2D eigenvalue weighted by molar-refractivity contribution is 0.0263. The summed E-state index contributed by atoms with van der Waals surface area (Å²) < 4.78 is 11.1. The third kappa shape index (κ3) is 13.3. The van der Waals surface area contributed by atoms with E-state index >= 15 is 0 Å². The van der Waals surface area contributed by atoms with Gasteiger partial charge in [-0.2, -0.15) is 0 Å². The van der Waals surface area contributed by atoms with Gasteiger partial charge in [0.2, 0.25) is 0 Å². The van der Waals surface area contributed by atoms with E-state index in [1.165, 1.54) is 32.1 Å². The Labute approximate surface area is 165 Å². The first-order valence-corrected chi connectivity index (χ1v) is 10.4. The van der Waals surface area contributed by atoms with Gasteiger partial charge in [-0.1, -0.05) is 19.3 Å². The Kier molecular flexibility index (Phi) is 11.9. The quantitative estimate of drug-likeness (QED) is 0.306. The van der Waals surface area contributed by atoms with Gasteiger partial charge < -0.3 is 25.4 Å². The summed E-state index contributed by atoms with van der Waals surface area (Å²) in [4.78, 5) is 15.7. The number of rotatable bonds is 10. The predicted molar refractivity (Wildman–Crippen MR) is 110 cm³/mol. The summed E-state index contributed by atoms with van der Waals surface area (Å²) in [6, 6.07) is 0. The van der Waals surface area contributed by atoms with Crippen molar-refractivity contribution in [2.24, 2.45) is 4.99 Å². The number of guanidine groups is 1. The molecule has 27 heavy (non-hydrogen) atoms. The summed E-state index contributed by atoms with van der Waals surface area (Å²) in [6.07, 6.45) is 9.97. The van der Waals surface area contributed by atoms with Gasteiger partial charge in [-0.25, -0.2) is 4.79 Å². The highest BCUT2D eigenvalue weighted by atomic mass is 16.6. The number of nitrogens with one attached hydrogen (secondary N) is 3. The molecule has 0 bridgehead atoms. The minimum Gasteiger partial charge on any atom is -0.444 e. The van der Waals surface area contributed by atoms with Gasteiger partial charge in [0.1, 0.15) is 5.60 Å². The van der Waals surface area contributed by atoms with E-state index in [9.17, 15) is 4.79 Å². The van der Waals surface area contributed by atoms with Crippen molar-refractivity contribution in [2.45, 2.75) is 83.8 Å². The van der Waals surface area contributed by atoms with Gasteiger partial charge >= 0.3 is 6.09 Å². The molecule has 1 aliphatic rings. The molecular formula is C20H40N4O3. The largest absolute Gasteiger partial charge is 0.444 e. The summed E-state index contributed by atoms with van der Waals surface area (Å²) >= 11 is 0. The lowest BCUT2D eigenvalue weighted by atomic mass is 9.98. The molecule has 0 aromatic heterocycles. The van der Waals surface area contributed by atoms with Gasteiger partial charge in [0.25, 0.3) is 0 Å². The summed E-state index contributed by atoms with van der Waals surface area (Å²) in [5.41, 5.74) is -0.476. The van der Waals surface area contributed by atoms with Crippen LogP contribution in [-0.2, 0) is 9.47 Å². The Morgan fingerprint density at radius 1 is 0.963 bits per heavy atom. The van der Waals surface area contributed by atoms with E-state index < -0.39 is 11.7 Å². The first kappa shape index (κ1) is 23.5. The molecule has 0 saturated heterocycles. The molecule has 0 aromatic carbocycles. The highest BCUT2D eigenvalue weighted by molar-refractivity contribution is 5.79. The molecule has 0 aromatic rings. The fourth-order valence-corrected chi connectivity index (χ4v) is 2.97. The molecule has 7 heteroatoms. The fraction of sp³-hybridized carbons (Fsp3) is 0.900. The van der Waals surface area contributed by atoms with Crippen LogP contribution >= 0.6 is 0 Å². The lowest BCUT2D eigenvalue weighted by Crippen LogP contribution is -2.42. The van der Waals surface area contributed by atoms with Crippen LogP contribution in [0.25, 0.3) is 0 Å². The van der Waals surface area contributed by atoms with Crippen LogP contribution < -0.4 is 16.0 Å². The number of alkyl carbamates (subject to hydrolysis) is 1. The molecule has 158 valence electrons. The molecule has 1 fully saturated rings. The Morgan fingerprint density at radius 3 is 2.30 bits per heavy atom. The highest BCUT2D eigenvalue weighted by Gasteiger charge is 2.15. The van der Waals surface area contributed by atoms with Gasteiger partial charge in [-0.3, -0.25) is 4.99 Å². The molecule has 7 nitrogen and oxygen atoms in total. The first-order valence-electron chi connectivity index (χ1n) is 10.4. The molecule has 3 N–H and O–H groups in total. The number of carbonyl (C=O) groups excluding carboxylic acids is 1. The van der Waals surface area contributed by atoms with Gasteiger partial charge in [0, 0.05) is 33.3 Å². The third-order valence-electron chi connectivity index (χ3n) is 4.33. The fourth-order valence-electron chi connectivity index (χ4n) is 2.97. The van der Waals surface area contributed by atoms with E-state index in [0.717, 1.165) is 38.4 Å². The Morgan fingerprint density at radius 2 is 1.63 bits per heavy atom. The number of carbonyl (C=O) groups is 1. The summed E-state index contributed by atoms with van der Waals surface area (Å²) in [5.74, 6) is 0.749. The second-order valence-electron chi connectivity index (χ2n) is 8.05. The molecule has 0 spiro atoms. The van der Waals surface area contributed by atoms with Crippen molar-refractivity contribution in [1.82, 2.24) is 16.0 Å². The molecule has 1 aliphatic carbocycles. The number of hydrogen-bond acceptors (Lipinski definition) is 4. The molecule has 1 rings (SSSR count). The molecule has 1 amide bonds. The predicted octanol–water partition coefficient (Wildman–Crippen LogP) is 3.20. The first-order chi connectivity index (χ1) is 12.9. The maximum atomic E-state index is 11.6. The Hall–Kier alpha value is -1.50. The summed E-state index contributed by atoms with van der Waals surface area (Å²) in [7, 11) is 1.74. The molecule has 0 atom stereocenters. The monoisotopic (exact) mass is 384 g/mol. The molecule has 1 saturated carbocycles. The summed E-state index contributed by atoms with van der Waals surface area (Å²) in [6.45, 7) is 8.37. The van der Waals surface area contributed by atoms with E-state index in [1.54, 1.807) is 7.05 Å². The topological polar surface area (TPSA) is 84.0 Å². The number of nitrogens with zero attached hydrogens (tertiary/aromatic N) is 1. The van der Waals surface area contributed by atoms with E-state index in [0.29, 0.717) is 19.2 Å². The lowest BCUT2D eigenvalue weighted by Gasteiger charge is -2.21. The zero-order valence-corrected chi connectivity index (χ0v) is 17.7. The molecule has 0 unspecified atom stereocenters. The van der Waals surface area contributed by atoms with Crippen molar-refractivity contribution in [2.75, 3.05) is 33.3 Å². The second-order valence-corrected chi connectivity index (χ2v) is 8.05. The van der Waals surface area contributed by atoms with Crippen molar-refractivity contribution in [3.05, 3.63) is 0 Å². The standard InChI is InChI=1S/C20H40N4O3/c1-20(2,3)27-19(25)24-15-14-23-18(21-4)22-13-9-6-10-16-26-17-11-7-5-8-12-17/h17H,5-16H2,1-4H3,(H,24,25)(H2,21,22,23). The zero-order chi connectivity index (χ0) is 20.0. The molecule has 0 heterocycles. The normalized spacial score (nSPS) is 16.1. The summed E-state index contributed by atoms with van der Waals surface area (Å²) in [5, 5.41) is 9.18. The minimum atomic E-state index is -0.476. The second kappa shape index (κ2) is 13.6. The van der Waals surface area contributed by atoms with Crippen LogP contribution in [0.15, 0.2) is 4.99 Å². The number of unbranched alkanes of at least 4 members (excludes halogenated alkanes) is 2. The van der Waals surface area contributed by atoms with Crippen LogP contribution in [0.1, 0.15) is 72.1 Å². The van der Waals surface area contributed by atoms with Crippen molar-refractivity contribution in [1.29, 1.82) is 0 Å². The van der Waals surface area contributed by atoms with Crippen LogP contribution in [0, 0.1) is 0 Å². The van der Waals surface area contributed by atoms with Gasteiger partial charge in [0.15, 0.2) is 5.96 Å². The third-order valence-corrected chi connectivity index (χ3v) is 4.33. The van der Waals surface area contributed by atoms with Crippen LogP contribution in [-0.4, -0.2) is 57.0 Å². The van der Waals surface area contributed by atoms with E-state index in [2.05, 4.69) is 20.9 Å². The maximum Gasteiger partial charge on any atom is 0.407 e. The average Bonchev–Trinajstić information content (AvgIpc) is 2.62.